The molecule has 2 atom stereocenters. The Morgan fingerprint density at radius 3 is 2.10 bits per heavy atom. The number of rotatable bonds is 8. The molecule has 3 fully saturated rings. The molecule has 1 aromatic rings. The summed E-state index contributed by atoms with van der Waals surface area (Å²) in [7, 11) is 0. The summed E-state index contributed by atoms with van der Waals surface area (Å²) >= 11 is 9.32. The van der Waals surface area contributed by atoms with Gasteiger partial charge in [0.15, 0.2) is 5.78 Å². The minimum Gasteiger partial charge on any atom is -0.337 e. The molecule has 0 bridgehead atoms. The smallest absolute Gasteiger partial charge is 0.246 e. The summed E-state index contributed by atoms with van der Waals surface area (Å²) < 4.78 is 0. The van der Waals surface area contributed by atoms with Gasteiger partial charge in [-0.3, -0.25) is 14.5 Å². The fourth-order valence-corrected chi connectivity index (χ4v) is 5.25. The summed E-state index contributed by atoms with van der Waals surface area (Å²) in [5.74, 6) is 0.835. The van der Waals surface area contributed by atoms with Gasteiger partial charge in [0.05, 0.1) is 12.2 Å². The molecule has 3 aliphatic rings. The second-order valence-corrected chi connectivity index (χ2v) is 12.9. The molecule has 2 saturated heterocycles. The van der Waals surface area contributed by atoms with Gasteiger partial charge in [-0.2, -0.15) is 23.5 Å². The monoisotopic (exact) mass is 635 g/mol. The van der Waals surface area contributed by atoms with Crippen molar-refractivity contribution < 1.29 is 9.59 Å². The van der Waals surface area contributed by atoms with Crippen LogP contribution in [0.15, 0.2) is 60.5 Å². The highest BCUT2D eigenvalue weighted by Crippen LogP contribution is 2.37. The number of aryl methyl sites for hydroxylation is 1. The Kier molecular flexibility index (Phi) is 19.3. The van der Waals surface area contributed by atoms with E-state index in [0.717, 1.165) is 42.6 Å². The molecule has 0 N–H and O–H groups in total. The predicted molar refractivity (Wildman–Crippen MR) is 188 cm³/mol. The topological polar surface area (TPSA) is 43.9 Å². The first-order valence-electron chi connectivity index (χ1n) is 15.0. The molecule has 5 nitrogen and oxygen atoms in total. The van der Waals surface area contributed by atoms with Gasteiger partial charge in [-0.05, 0) is 94.7 Å². The first kappa shape index (κ1) is 38.4. The van der Waals surface area contributed by atoms with E-state index in [9.17, 15) is 9.59 Å². The van der Waals surface area contributed by atoms with Crippen molar-refractivity contribution in [1.82, 2.24) is 14.7 Å². The summed E-state index contributed by atoms with van der Waals surface area (Å²) in [6.45, 7) is 15.3. The van der Waals surface area contributed by atoms with Crippen molar-refractivity contribution >= 4 is 46.8 Å². The molecule has 0 radical (unpaired) electrons. The summed E-state index contributed by atoms with van der Waals surface area (Å²) in [6.07, 6.45) is 19.7. The SMILES string of the molecule is C=C1CN(C(=O)/C=C/C(C2CC2)N2CCC2)C[C@H](C)N1/C(=C\CC)C(C)=O.CCc1ccccc1Cl.CSC.CSC. The van der Waals surface area contributed by atoms with E-state index < -0.39 is 0 Å². The maximum atomic E-state index is 12.8. The minimum absolute atomic E-state index is 0.0416. The van der Waals surface area contributed by atoms with Gasteiger partial charge in [-0.15, -0.1) is 0 Å². The molecule has 2 heterocycles. The summed E-state index contributed by atoms with van der Waals surface area (Å²) in [4.78, 5) is 31.2. The normalized spacial score (nSPS) is 19.4. The van der Waals surface area contributed by atoms with Crippen LogP contribution >= 0.6 is 35.1 Å². The maximum absolute atomic E-state index is 12.8. The van der Waals surface area contributed by atoms with Gasteiger partial charge >= 0.3 is 0 Å². The molecule has 4 rings (SSSR count). The Labute approximate surface area is 270 Å². The van der Waals surface area contributed by atoms with Crippen molar-refractivity contribution in [3.05, 3.63) is 71.1 Å². The Morgan fingerprint density at radius 2 is 1.69 bits per heavy atom. The van der Waals surface area contributed by atoms with Crippen LogP contribution in [0.25, 0.3) is 0 Å². The zero-order valence-electron chi connectivity index (χ0n) is 27.2. The lowest BCUT2D eigenvalue weighted by Gasteiger charge is -2.43. The number of likely N-dealkylation sites (tertiary alicyclic amines) is 1. The highest BCUT2D eigenvalue weighted by atomic mass is 35.5. The molecule has 1 aromatic carbocycles. The fourth-order valence-electron chi connectivity index (χ4n) is 4.98. The number of Topliss-reactive ketones (excluding diaryl/α,β-unsaturated/α-hetero) is 1. The zero-order valence-corrected chi connectivity index (χ0v) is 29.6. The Bertz CT molecular complexity index is 1040. The number of allylic oxidation sites excluding steroid dienone is 2. The third kappa shape index (κ3) is 12.9. The standard InChI is InChI=1S/C22H33N3O2.C8H9Cl.2C2H6S/c1-5-7-20(18(4)26)25-16(2)14-24(15-17(25)3)22(27)11-10-21(19-8-9-19)23-12-6-13-23;1-2-7-5-3-4-6-8(7)9;2*1-3-2/h7,10-11,17,19,21H,2,5-6,8-9,12-15H2,1,3-4H3;3-6H,2H2,1H3;2*1-2H3/b11-10+,20-7-;;;/t17-,21?;;;/m0.../s1. The Hall–Kier alpha value is -1.67. The van der Waals surface area contributed by atoms with E-state index >= 15 is 0 Å². The summed E-state index contributed by atoms with van der Waals surface area (Å²) in [6, 6.07) is 8.39. The van der Waals surface area contributed by atoms with Crippen molar-refractivity contribution in [3.63, 3.8) is 0 Å². The van der Waals surface area contributed by atoms with Crippen molar-refractivity contribution in [2.24, 2.45) is 5.92 Å². The Morgan fingerprint density at radius 1 is 1.10 bits per heavy atom. The van der Waals surface area contributed by atoms with Gasteiger partial charge in [-0.1, -0.05) is 62.4 Å². The number of ketones is 1. The van der Waals surface area contributed by atoms with Crippen molar-refractivity contribution in [2.75, 3.05) is 51.2 Å². The highest BCUT2D eigenvalue weighted by molar-refractivity contribution is 7.98. The molecule has 1 amide bonds. The van der Waals surface area contributed by atoms with Crippen molar-refractivity contribution in [3.8, 4) is 0 Å². The number of hydrogen-bond donors (Lipinski definition) is 0. The van der Waals surface area contributed by atoms with Crippen LogP contribution in [0.5, 0.6) is 0 Å². The van der Waals surface area contributed by atoms with E-state index in [0.29, 0.717) is 24.8 Å². The fraction of sp³-hybridized carbons (Fsp3) is 0.588. The van der Waals surface area contributed by atoms with Crippen LogP contribution in [0.3, 0.4) is 0 Å². The molecule has 1 unspecified atom stereocenters. The van der Waals surface area contributed by atoms with Crippen LogP contribution in [0.4, 0.5) is 0 Å². The largest absolute Gasteiger partial charge is 0.337 e. The molecule has 1 saturated carbocycles. The lowest BCUT2D eigenvalue weighted by Crippen LogP contribution is -2.52. The first-order chi connectivity index (χ1) is 20.1. The number of nitrogens with zero attached hydrogens (tertiary/aromatic N) is 3. The van der Waals surface area contributed by atoms with E-state index in [2.05, 4.69) is 24.5 Å². The zero-order chi connectivity index (χ0) is 31.7. The number of piperazine rings is 1. The number of benzene rings is 1. The lowest BCUT2D eigenvalue weighted by atomic mass is 10.0. The molecule has 0 aromatic heterocycles. The van der Waals surface area contributed by atoms with Gasteiger partial charge in [0, 0.05) is 42.3 Å². The van der Waals surface area contributed by atoms with Gasteiger partial charge in [-0.25, -0.2) is 0 Å². The number of halogens is 1. The third-order valence-corrected chi connectivity index (χ3v) is 7.53. The number of amides is 1. The molecule has 8 heteroatoms. The van der Waals surface area contributed by atoms with Crippen molar-refractivity contribution in [2.45, 2.75) is 71.9 Å². The number of carbonyl (C=O) groups excluding carboxylic acids is 2. The van der Waals surface area contributed by atoms with E-state index in [1.54, 1.807) is 36.5 Å². The number of hydrogen-bond acceptors (Lipinski definition) is 6. The van der Waals surface area contributed by atoms with Gasteiger partial charge in [0.25, 0.3) is 0 Å². The first-order valence-corrected chi connectivity index (χ1v) is 18.7. The van der Waals surface area contributed by atoms with Crippen LogP contribution in [0.2, 0.25) is 5.02 Å². The lowest BCUT2D eigenvalue weighted by molar-refractivity contribution is -0.127. The maximum Gasteiger partial charge on any atom is 0.246 e. The Balaban J connectivity index is 0.000000485. The number of thioether (sulfide) groups is 2. The highest BCUT2D eigenvalue weighted by Gasteiger charge is 2.36. The summed E-state index contributed by atoms with van der Waals surface area (Å²) in [5, 5.41) is 0.875. The van der Waals surface area contributed by atoms with Gasteiger partial charge in [0.2, 0.25) is 5.91 Å². The van der Waals surface area contributed by atoms with E-state index in [1.807, 2.05) is 79.0 Å². The van der Waals surface area contributed by atoms with E-state index in [-0.39, 0.29) is 17.7 Å². The second-order valence-electron chi connectivity index (χ2n) is 10.9. The second kappa shape index (κ2) is 21.1. The van der Waals surface area contributed by atoms with Crippen LogP contribution in [0.1, 0.15) is 58.9 Å². The molecule has 236 valence electrons. The van der Waals surface area contributed by atoms with Crippen LogP contribution in [-0.4, -0.2) is 89.7 Å². The van der Waals surface area contributed by atoms with Crippen LogP contribution < -0.4 is 0 Å². The molecule has 0 spiro atoms. The van der Waals surface area contributed by atoms with Crippen molar-refractivity contribution in [1.29, 1.82) is 0 Å². The third-order valence-electron chi connectivity index (χ3n) is 7.16. The number of carbonyl (C=O) groups is 2. The van der Waals surface area contributed by atoms with Gasteiger partial charge < -0.3 is 9.80 Å². The van der Waals surface area contributed by atoms with Gasteiger partial charge in [0.1, 0.15) is 0 Å². The quantitative estimate of drug-likeness (QED) is 0.271. The molecular formula is C34H54ClN3O2S2. The molecule has 2 aliphatic heterocycles. The predicted octanol–water partition coefficient (Wildman–Crippen LogP) is 7.82. The molecule has 42 heavy (non-hydrogen) atoms. The van der Waals surface area contributed by atoms with E-state index in [4.69, 9.17) is 11.6 Å². The molecule has 1 aliphatic carbocycles. The van der Waals surface area contributed by atoms with E-state index in [1.165, 1.54) is 24.8 Å². The van der Waals surface area contributed by atoms with Crippen LogP contribution in [0, 0.1) is 5.92 Å². The summed E-state index contributed by atoms with van der Waals surface area (Å²) in [5.41, 5.74) is 2.73. The average molecular weight is 636 g/mol. The average Bonchev–Trinajstić information content (AvgIpc) is 3.76. The minimum atomic E-state index is 0.0416. The van der Waals surface area contributed by atoms with Crippen LogP contribution in [-0.2, 0) is 16.0 Å². The molecular weight excluding hydrogens is 582 g/mol.